The Balaban J connectivity index is 0.000000148. The molecule has 0 saturated heterocycles. The minimum Gasteiger partial charge on any atom is -0.368 e. The summed E-state index contributed by atoms with van der Waals surface area (Å²) >= 11 is 0. The summed E-state index contributed by atoms with van der Waals surface area (Å²) in [5.74, 6) is 0. The van der Waals surface area contributed by atoms with E-state index in [-0.39, 0.29) is 0 Å². The molecule has 52 valence electrons. The molecule has 0 aliphatic carbocycles. The number of aromatic nitrogens is 1. The van der Waals surface area contributed by atoms with E-state index < -0.39 is 0 Å². The molecule has 0 aromatic carbocycles. The molecule has 0 atom stereocenters. The molecule has 0 saturated carbocycles. The minimum absolute atomic E-state index is 0.819. The molecule has 2 heteroatoms. The van der Waals surface area contributed by atoms with Crippen molar-refractivity contribution in [3.8, 4) is 0 Å². The zero-order chi connectivity index (χ0) is 6.95. The number of hydrogen-bond acceptors (Lipinski definition) is 1. The van der Waals surface area contributed by atoms with Gasteiger partial charge in [-0.3, -0.25) is 0 Å². The molecular weight excluding hydrogens is 112 g/mol. The van der Waals surface area contributed by atoms with Crippen LogP contribution in [0.1, 0.15) is 13.3 Å². The predicted molar refractivity (Wildman–Crippen MR) is 40.1 cm³/mol. The molecule has 1 rings (SSSR count). The van der Waals surface area contributed by atoms with Crippen molar-refractivity contribution in [3.63, 3.8) is 0 Å². The van der Waals surface area contributed by atoms with Gasteiger partial charge in [-0.2, -0.15) is 0 Å². The van der Waals surface area contributed by atoms with Crippen LogP contribution in [0.2, 0.25) is 0 Å². The molecule has 9 heavy (non-hydrogen) atoms. The zero-order valence-corrected chi connectivity index (χ0v) is 5.80. The molecule has 1 aromatic heterocycles. The molecule has 2 nitrogen and oxygen atoms in total. The fourth-order valence-electron chi connectivity index (χ4n) is 0.278. The molecule has 0 spiro atoms. The van der Waals surface area contributed by atoms with Crippen molar-refractivity contribution in [1.29, 1.82) is 0 Å². The van der Waals surface area contributed by atoms with Gasteiger partial charge in [-0.25, -0.2) is 0 Å². The second kappa shape index (κ2) is 7.24. The summed E-state index contributed by atoms with van der Waals surface area (Å²) in [7, 11) is 0. The van der Waals surface area contributed by atoms with Gasteiger partial charge in [0.25, 0.3) is 0 Å². The van der Waals surface area contributed by atoms with Crippen LogP contribution in [0.25, 0.3) is 0 Å². The number of aromatic amines is 1. The summed E-state index contributed by atoms with van der Waals surface area (Å²) in [5.41, 5.74) is 5.03. The Labute approximate surface area is 56.1 Å². The van der Waals surface area contributed by atoms with Crippen molar-refractivity contribution in [3.05, 3.63) is 24.5 Å². The van der Waals surface area contributed by atoms with Crippen molar-refractivity contribution >= 4 is 0 Å². The Morgan fingerprint density at radius 1 is 1.33 bits per heavy atom. The van der Waals surface area contributed by atoms with Gasteiger partial charge < -0.3 is 10.7 Å². The quantitative estimate of drug-likeness (QED) is 0.586. The standard InChI is InChI=1S/C4H5N.C3H9N/c1-2-4-5-3-1;1-2-3-4/h1-5H;2-4H2,1H3. The highest BCUT2D eigenvalue weighted by molar-refractivity contribution is 4.84. The first-order chi connectivity index (χ1) is 4.41. The first-order valence-electron chi connectivity index (χ1n) is 3.19. The molecule has 0 bridgehead atoms. The van der Waals surface area contributed by atoms with Crippen LogP contribution in [0.4, 0.5) is 0 Å². The van der Waals surface area contributed by atoms with E-state index in [2.05, 4.69) is 11.9 Å². The largest absolute Gasteiger partial charge is 0.368 e. The van der Waals surface area contributed by atoms with E-state index in [1.165, 1.54) is 0 Å². The van der Waals surface area contributed by atoms with Gasteiger partial charge in [0.05, 0.1) is 0 Å². The normalized spacial score (nSPS) is 7.78. The highest BCUT2D eigenvalue weighted by Crippen LogP contribution is 1.72. The number of nitrogens with two attached hydrogens (primary N) is 1. The molecule has 0 amide bonds. The number of hydrogen-bond donors (Lipinski definition) is 2. The summed E-state index contributed by atoms with van der Waals surface area (Å²) in [5, 5.41) is 0. The van der Waals surface area contributed by atoms with Crippen LogP contribution >= 0.6 is 0 Å². The van der Waals surface area contributed by atoms with Crippen molar-refractivity contribution in [2.24, 2.45) is 5.73 Å². The van der Waals surface area contributed by atoms with Gasteiger partial charge in [-0.1, -0.05) is 6.92 Å². The predicted octanol–water partition coefficient (Wildman–Crippen LogP) is 1.37. The van der Waals surface area contributed by atoms with E-state index in [0.29, 0.717) is 0 Å². The Bertz CT molecular complexity index is 82.4. The van der Waals surface area contributed by atoms with Crippen LogP contribution in [0.15, 0.2) is 24.5 Å². The van der Waals surface area contributed by atoms with E-state index in [9.17, 15) is 0 Å². The van der Waals surface area contributed by atoms with Gasteiger partial charge in [0.15, 0.2) is 0 Å². The van der Waals surface area contributed by atoms with Gasteiger partial charge in [-0.05, 0) is 25.1 Å². The third-order valence-electron chi connectivity index (χ3n) is 0.785. The van der Waals surface area contributed by atoms with Crippen molar-refractivity contribution in [2.75, 3.05) is 6.54 Å². The Morgan fingerprint density at radius 3 is 1.89 bits per heavy atom. The van der Waals surface area contributed by atoms with Crippen molar-refractivity contribution in [2.45, 2.75) is 13.3 Å². The molecule has 0 fully saturated rings. The molecule has 0 aliphatic rings. The fourth-order valence-corrected chi connectivity index (χ4v) is 0.278. The summed E-state index contributed by atoms with van der Waals surface area (Å²) in [6.07, 6.45) is 4.85. The lowest BCUT2D eigenvalue weighted by Gasteiger charge is -1.70. The van der Waals surface area contributed by atoms with Crippen LogP contribution in [0.3, 0.4) is 0 Å². The lowest BCUT2D eigenvalue weighted by molar-refractivity contribution is 0.932. The molecule has 0 radical (unpaired) electrons. The van der Waals surface area contributed by atoms with Crippen molar-refractivity contribution < 1.29 is 0 Å². The number of rotatable bonds is 1. The molecule has 1 aromatic rings. The smallest absolute Gasteiger partial charge is 0.000496 e. The summed E-state index contributed by atoms with van der Waals surface area (Å²) in [6.45, 7) is 2.88. The SMILES string of the molecule is CCCN.c1cc[nH]c1. The van der Waals surface area contributed by atoms with E-state index in [1.807, 2.05) is 24.5 Å². The number of nitrogens with one attached hydrogen (secondary N) is 1. The van der Waals surface area contributed by atoms with Gasteiger partial charge in [0.2, 0.25) is 0 Å². The van der Waals surface area contributed by atoms with Crippen LogP contribution in [0.5, 0.6) is 0 Å². The van der Waals surface area contributed by atoms with Crippen LogP contribution in [0, 0.1) is 0 Å². The average molecular weight is 126 g/mol. The molecule has 0 aliphatic heterocycles. The topological polar surface area (TPSA) is 41.8 Å². The Morgan fingerprint density at radius 2 is 1.78 bits per heavy atom. The van der Waals surface area contributed by atoms with Gasteiger partial charge in [0.1, 0.15) is 0 Å². The third kappa shape index (κ3) is 7.24. The highest BCUT2D eigenvalue weighted by Gasteiger charge is 1.56. The molecular formula is C7H14N2. The molecule has 1 heterocycles. The maximum Gasteiger partial charge on any atom is 0.000496 e. The fraction of sp³-hybridized carbons (Fsp3) is 0.429. The Kier molecular flexibility index (Phi) is 6.63. The first kappa shape index (κ1) is 8.24. The van der Waals surface area contributed by atoms with Crippen LogP contribution < -0.4 is 5.73 Å². The van der Waals surface area contributed by atoms with Gasteiger partial charge in [0, 0.05) is 12.4 Å². The number of H-pyrrole nitrogens is 1. The van der Waals surface area contributed by atoms with E-state index in [1.54, 1.807) is 0 Å². The minimum atomic E-state index is 0.819. The maximum absolute atomic E-state index is 5.03. The van der Waals surface area contributed by atoms with Crippen LogP contribution in [-0.4, -0.2) is 11.5 Å². The summed E-state index contributed by atoms with van der Waals surface area (Å²) in [4.78, 5) is 2.86. The average Bonchev–Trinajstić information content (AvgIpc) is 2.43. The third-order valence-corrected chi connectivity index (χ3v) is 0.785. The van der Waals surface area contributed by atoms with Gasteiger partial charge in [-0.15, -0.1) is 0 Å². The van der Waals surface area contributed by atoms with E-state index >= 15 is 0 Å². The van der Waals surface area contributed by atoms with Crippen molar-refractivity contribution in [1.82, 2.24) is 4.98 Å². The summed E-state index contributed by atoms with van der Waals surface area (Å²) in [6, 6.07) is 3.89. The van der Waals surface area contributed by atoms with Crippen LogP contribution in [-0.2, 0) is 0 Å². The first-order valence-corrected chi connectivity index (χ1v) is 3.19. The molecule has 0 unspecified atom stereocenters. The zero-order valence-electron chi connectivity index (χ0n) is 5.80. The molecule has 3 N–H and O–H groups in total. The highest BCUT2D eigenvalue weighted by atomic mass is 14.6. The second-order valence-electron chi connectivity index (χ2n) is 1.67. The van der Waals surface area contributed by atoms with E-state index in [4.69, 9.17) is 5.73 Å². The van der Waals surface area contributed by atoms with E-state index in [0.717, 1.165) is 13.0 Å². The second-order valence-corrected chi connectivity index (χ2v) is 1.67. The maximum atomic E-state index is 5.03. The summed E-state index contributed by atoms with van der Waals surface area (Å²) < 4.78 is 0. The lowest BCUT2D eigenvalue weighted by atomic mass is 10.5. The Hall–Kier alpha value is -0.760. The monoisotopic (exact) mass is 126 g/mol. The van der Waals surface area contributed by atoms with Gasteiger partial charge >= 0.3 is 0 Å². The lowest BCUT2D eigenvalue weighted by Crippen LogP contribution is -1.93.